The van der Waals surface area contributed by atoms with Gasteiger partial charge in [-0.2, -0.15) is 5.26 Å². The summed E-state index contributed by atoms with van der Waals surface area (Å²) in [5, 5.41) is 11.5. The Morgan fingerprint density at radius 2 is 1.56 bits per heavy atom. The van der Waals surface area contributed by atoms with Gasteiger partial charge in [0.25, 0.3) is 15.9 Å². The van der Waals surface area contributed by atoms with E-state index in [1.807, 2.05) is 26.0 Å². The van der Waals surface area contributed by atoms with Gasteiger partial charge in [0.2, 0.25) is 0 Å². The third kappa shape index (κ3) is 5.65. The van der Waals surface area contributed by atoms with Crippen LogP contribution in [-0.2, 0) is 14.8 Å². The molecule has 3 aromatic carbocycles. The summed E-state index contributed by atoms with van der Waals surface area (Å²) in [6.07, 6.45) is -0.794. The van der Waals surface area contributed by atoms with Gasteiger partial charge < -0.3 is 10.1 Å². The van der Waals surface area contributed by atoms with Gasteiger partial charge in [-0.15, -0.1) is 0 Å². The van der Waals surface area contributed by atoms with E-state index in [9.17, 15) is 13.2 Å². The van der Waals surface area contributed by atoms with E-state index >= 15 is 0 Å². The molecule has 0 aliphatic rings. The fourth-order valence-electron chi connectivity index (χ4n) is 2.85. The van der Waals surface area contributed by atoms with Gasteiger partial charge in [0.15, 0.2) is 6.10 Å². The summed E-state index contributed by atoms with van der Waals surface area (Å²) in [7, 11) is -3.76. The predicted molar refractivity (Wildman–Crippen MR) is 123 cm³/mol. The van der Waals surface area contributed by atoms with E-state index in [1.54, 1.807) is 43.3 Å². The van der Waals surface area contributed by atoms with Crippen molar-refractivity contribution in [1.29, 1.82) is 5.26 Å². The molecular formula is C24H23N3O4S. The van der Waals surface area contributed by atoms with Crippen LogP contribution in [0, 0.1) is 25.2 Å². The van der Waals surface area contributed by atoms with Gasteiger partial charge >= 0.3 is 0 Å². The molecule has 1 amide bonds. The monoisotopic (exact) mass is 449 g/mol. The molecule has 0 saturated carbocycles. The minimum atomic E-state index is -3.76. The minimum Gasteiger partial charge on any atom is -0.481 e. The predicted octanol–water partition coefficient (Wildman–Crippen LogP) is 4.38. The number of anilines is 2. The van der Waals surface area contributed by atoms with Crippen LogP contribution in [0.15, 0.2) is 71.6 Å². The molecule has 0 bridgehead atoms. The van der Waals surface area contributed by atoms with Crippen LogP contribution >= 0.6 is 0 Å². The number of ether oxygens (including phenoxy) is 1. The molecule has 0 saturated heterocycles. The Morgan fingerprint density at radius 3 is 2.16 bits per heavy atom. The van der Waals surface area contributed by atoms with Crippen LogP contribution in [0.25, 0.3) is 0 Å². The molecule has 0 aliphatic heterocycles. The molecule has 32 heavy (non-hydrogen) atoms. The van der Waals surface area contributed by atoms with E-state index in [0.29, 0.717) is 22.7 Å². The maximum Gasteiger partial charge on any atom is 0.265 e. The van der Waals surface area contributed by atoms with Crippen molar-refractivity contribution in [2.24, 2.45) is 0 Å². The summed E-state index contributed by atoms with van der Waals surface area (Å²) in [6.45, 7) is 5.47. The highest BCUT2D eigenvalue weighted by atomic mass is 32.2. The van der Waals surface area contributed by atoms with Crippen molar-refractivity contribution in [2.75, 3.05) is 10.0 Å². The zero-order chi connectivity index (χ0) is 23.3. The summed E-state index contributed by atoms with van der Waals surface area (Å²) in [6, 6.07) is 19.7. The first-order valence-corrected chi connectivity index (χ1v) is 11.3. The van der Waals surface area contributed by atoms with Gasteiger partial charge in [0, 0.05) is 11.4 Å². The number of nitrogens with one attached hydrogen (secondary N) is 2. The van der Waals surface area contributed by atoms with Crippen molar-refractivity contribution in [2.45, 2.75) is 31.8 Å². The highest BCUT2D eigenvalue weighted by molar-refractivity contribution is 7.92. The first-order chi connectivity index (χ1) is 15.2. The van der Waals surface area contributed by atoms with E-state index in [0.717, 1.165) is 11.1 Å². The van der Waals surface area contributed by atoms with Crippen LogP contribution in [0.4, 0.5) is 11.4 Å². The largest absolute Gasteiger partial charge is 0.481 e. The standard InChI is InChI=1S/C24H23N3O4S/c1-16-4-7-21(14-17(16)2)27-32(29,30)23-12-8-20(9-13-23)26-24(28)18(3)31-22-10-5-19(15-25)6-11-22/h4-14,18,27H,1-3H3,(H,26,28). The number of rotatable bonds is 7. The molecule has 2 N–H and O–H groups in total. The van der Waals surface area contributed by atoms with Gasteiger partial charge in [0.05, 0.1) is 16.5 Å². The topological polar surface area (TPSA) is 108 Å². The number of aryl methyl sites for hydroxylation is 2. The van der Waals surface area contributed by atoms with E-state index in [4.69, 9.17) is 10.00 Å². The molecule has 3 rings (SSSR count). The minimum absolute atomic E-state index is 0.0793. The van der Waals surface area contributed by atoms with E-state index in [2.05, 4.69) is 10.0 Å². The SMILES string of the molecule is Cc1ccc(NS(=O)(=O)c2ccc(NC(=O)C(C)Oc3ccc(C#N)cc3)cc2)cc1C. The lowest BCUT2D eigenvalue weighted by Gasteiger charge is -2.15. The van der Waals surface area contributed by atoms with Gasteiger partial charge in [-0.1, -0.05) is 6.07 Å². The summed E-state index contributed by atoms with van der Waals surface area (Å²) in [5.41, 5.74) is 3.48. The summed E-state index contributed by atoms with van der Waals surface area (Å²) >= 11 is 0. The molecule has 3 aromatic rings. The van der Waals surface area contributed by atoms with Crippen LogP contribution in [0.5, 0.6) is 5.75 Å². The molecule has 1 unspecified atom stereocenters. The van der Waals surface area contributed by atoms with E-state index < -0.39 is 22.0 Å². The lowest BCUT2D eigenvalue weighted by molar-refractivity contribution is -0.122. The average molecular weight is 450 g/mol. The zero-order valence-electron chi connectivity index (χ0n) is 17.9. The molecular weight excluding hydrogens is 426 g/mol. The smallest absolute Gasteiger partial charge is 0.265 e. The quantitative estimate of drug-likeness (QED) is 0.556. The Labute approximate surface area is 187 Å². The third-order valence-electron chi connectivity index (χ3n) is 4.86. The second-order valence-corrected chi connectivity index (χ2v) is 9.00. The molecule has 8 heteroatoms. The van der Waals surface area contributed by atoms with Crippen molar-refractivity contribution >= 4 is 27.3 Å². The number of hydrogen-bond donors (Lipinski definition) is 2. The Morgan fingerprint density at radius 1 is 0.938 bits per heavy atom. The first kappa shape index (κ1) is 22.8. The van der Waals surface area contributed by atoms with Crippen molar-refractivity contribution < 1.29 is 17.9 Å². The van der Waals surface area contributed by atoms with Gasteiger partial charge in [-0.25, -0.2) is 8.42 Å². The van der Waals surface area contributed by atoms with Gasteiger partial charge in [0.1, 0.15) is 5.75 Å². The van der Waals surface area contributed by atoms with Crippen LogP contribution < -0.4 is 14.8 Å². The maximum atomic E-state index is 12.6. The van der Waals surface area contributed by atoms with Gasteiger partial charge in [-0.3, -0.25) is 9.52 Å². The van der Waals surface area contributed by atoms with Gasteiger partial charge in [-0.05, 0) is 92.6 Å². The second kappa shape index (κ2) is 9.54. The van der Waals surface area contributed by atoms with E-state index in [-0.39, 0.29) is 4.90 Å². The Balaban J connectivity index is 1.63. The van der Waals surface area contributed by atoms with Crippen molar-refractivity contribution in [1.82, 2.24) is 0 Å². The number of benzene rings is 3. The van der Waals surface area contributed by atoms with Crippen LogP contribution in [-0.4, -0.2) is 20.4 Å². The lowest BCUT2D eigenvalue weighted by atomic mass is 10.1. The van der Waals surface area contributed by atoms with Crippen LogP contribution in [0.3, 0.4) is 0 Å². The number of carbonyl (C=O) groups is 1. The summed E-state index contributed by atoms with van der Waals surface area (Å²) < 4.78 is 33.4. The van der Waals surface area contributed by atoms with Crippen LogP contribution in [0.1, 0.15) is 23.6 Å². The maximum absolute atomic E-state index is 12.6. The van der Waals surface area contributed by atoms with Crippen molar-refractivity contribution in [3.63, 3.8) is 0 Å². The number of nitrogens with zero attached hydrogens (tertiary/aromatic N) is 1. The molecule has 0 aromatic heterocycles. The third-order valence-corrected chi connectivity index (χ3v) is 6.25. The molecule has 0 radical (unpaired) electrons. The molecule has 0 spiro atoms. The number of carbonyl (C=O) groups excluding carboxylic acids is 1. The Bertz CT molecular complexity index is 1260. The van der Waals surface area contributed by atoms with E-state index in [1.165, 1.54) is 24.3 Å². The molecule has 1 atom stereocenters. The number of sulfonamides is 1. The molecule has 0 heterocycles. The highest BCUT2D eigenvalue weighted by Crippen LogP contribution is 2.21. The second-order valence-electron chi connectivity index (χ2n) is 7.31. The van der Waals surface area contributed by atoms with Crippen molar-refractivity contribution in [3.05, 3.63) is 83.4 Å². The molecule has 164 valence electrons. The first-order valence-electron chi connectivity index (χ1n) is 9.86. The normalized spacial score (nSPS) is 11.8. The number of amides is 1. The summed E-state index contributed by atoms with van der Waals surface area (Å²) in [5.74, 6) is 0.0729. The summed E-state index contributed by atoms with van der Waals surface area (Å²) in [4.78, 5) is 12.5. The molecule has 0 aliphatic carbocycles. The fourth-order valence-corrected chi connectivity index (χ4v) is 3.90. The lowest BCUT2D eigenvalue weighted by Crippen LogP contribution is -2.30. The fraction of sp³-hybridized carbons (Fsp3) is 0.167. The number of hydrogen-bond acceptors (Lipinski definition) is 5. The van der Waals surface area contributed by atoms with Crippen LogP contribution in [0.2, 0.25) is 0 Å². The Kier molecular flexibility index (Phi) is 6.81. The Hall–Kier alpha value is -3.83. The zero-order valence-corrected chi connectivity index (χ0v) is 18.7. The highest BCUT2D eigenvalue weighted by Gasteiger charge is 2.17. The number of nitriles is 1. The molecule has 0 fully saturated rings. The average Bonchev–Trinajstić information content (AvgIpc) is 2.77. The van der Waals surface area contributed by atoms with Crippen molar-refractivity contribution in [3.8, 4) is 11.8 Å². The molecule has 7 nitrogen and oxygen atoms in total.